The fraction of sp³-hybridized carbons (Fsp3) is 0.375. The zero-order chi connectivity index (χ0) is 10.6. The predicted molar refractivity (Wildman–Crippen MR) is 56.8 cm³/mol. The van der Waals surface area contributed by atoms with Gasteiger partial charge in [-0.1, -0.05) is 0 Å². The molecule has 0 aliphatic rings. The van der Waals surface area contributed by atoms with Crippen molar-refractivity contribution in [2.75, 3.05) is 29.6 Å². The van der Waals surface area contributed by atoms with Crippen LogP contribution in [0.25, 0.3) is 0 Å². The average molecular weight is 215 g/mol. The van der Waals surface area contributed by atoms with Crippen LogP contribution in [0.5, 0.6) is 0 Å². The van der Waals surface area contributed by atoms with Crippen LogP contribution in [0, 0.1) is 0 Å². The summed E-state index contributed by atoms with van der Waals surface area (Å²) < 4.78 is 21.6. The van der Waals surface area contributed by atoms with E-state index in [1.54, 1.807) is 18.3 Å². The Balaban J connectivity index is 2.51. The highest BCUT2D eigenvalue weighted by Gasteiger charge is 2.02. The summed E-state index contributed by atoms with van der Waals surface area (Å²) in [6, 6.07) is 3.49. The van der Waals surface area contributed by atoms with E-state index >= 15 is 0 Å². The molecule has 14 heavy (non-hydrogen) atoms. The van der Waals surface area contributed by atoms with E-state index in [9.17, 15) is 8.42 Å². The second kappa shape index (κ2) is 4.28. The Kier molecular flexibility index (Phi) is 3.29. The van der Waals surface area contributed by atoms with E-state index in [0.717, 1.165) is 0 Å². The van der Waals surface area contributed by atoms with Crippen molar-refractivity contribution in [2.24, 2.45) is 0 Å². The molecule has 0 atom stereocenters. The fourth-order valence-corrected chi connectivity index (χ4v) is 1.41. The van der Waals surface area contributed by atoms with E-state index in [1.807, 2.05) is 0 Å². The van der Waals surface area contributed by atoms with Gasteiger partial charge in [-0.25, -0.2) is 13.4 Å². The van der Waals surface area contributed by atoms with Crippen LogP contribution >= 0.6 is 0 Å². The highest BCUT2D eigenvalue weighted by Crippen LogP contribution is 2.12. The first-order valence-electron chi connectivity index (χ1n) is 4.11. The SMILES string of the molecule is CS(=O)(=O)CCNc1cccnc1N. The Morgan fingerprint density at radius 3 is 2.86 bits per heavy atom. The number of nitrogen functional groups attached to an aromatic ring is 1. The lowest BCUT2D eigenvalue weighted by Gasteiger charge is -2.06. The van der Waals surface area contributed by atoms with Crippen LogP contribution in [0.3, 0.4) is 0 Å². The summed E-state index contributed by atoms with van der Waals surface area (Å²) in [6.45, 7) is 0.342. The number of pyridine rings is 1. The first-order chi connectivity index (χ1) is 6.49. The minimum Gasteiger partial charge on any atom is -0.382 e. The standard InChI is InChI=1S/C8H13N3O2S/c1-14(12,13)6-5-10-7-3-2-4-11-8(7)9/h2-4,10H,5-6H2,1H3,(H2,9,11). The molecule has 0 aliphatic heterocycles. The van der Waals surface area contributed by atoms with Crippen molar-refractivity contribution in [1.29, 1.82) is 0 Å². The topological polar surface area (TPSA) is 85.1 Å². The lowest BCUT2D eigenvalue weighted by Crippen LogP contribution is -2.15. The van der Waals surface area contributed by atoms with Gasteiger partial charge in [0, 0.05) is 19.0 Å². The van der Waals surface area contributed by atoms with E-state index < -0.39 is 9.84 Å². The van der Waals surface area contributed by atoms with Crippen LogP contribution in [0.1, 0.15) is 0 Å². The number of rotatable bonds is 4. The average Bonchev–Trinajstić information content (AvgIpc) is 2.06. The van der Waals surface area contributed by atoms with Crippen LogP contribution in [0.15, 0.2) is 18.3 Å². The largest absolute Gasteiger partial charge is 0.382 e. The molecule has 0 saturated heterocycles. The van der Waals surface area contributed by atoms with Gasteiger partial charge >= 0.3 is 0 Å². The molecule has 0 bridgehead atoms. The Bertz CT molecular complexity index is 403. The number of nitrogens with one attached hydrogen (secondary N) is 1. The molecular weight excluding hydrogens is 202 g/mol. The van der Waals surface area contributed by atoms with Gasteiger partial charge in [-0.2, -0.15) is 0 Å². The van der Waals surface area contributed by atoms with Crippen molar-refractivity contribution in [3.63, 3.8) is 0 Å². The minimum absolute atomic E-state index is 0.0847. The maximum Gasteiger partial charge on any atom is 0.149 e. The monoisotopic (exact) mass is 215 g/mol. The zero-order valence-electron chi connectivity index (χ0n) is 7.90. The quantitative estimate of drug-likeness (QED) is 0.745. The molecule has 6 heteroatoms. The second-order valence-electron chi connectivity index (χ2n) is 2.99. The van der Waals surface area contributed by atoms with Gasteiger partial charge in [0.05, 0.1) is 11.4 Å². The highest BCUT2D eigenvalue weighted by molar-refractivity contribution is 7.90. The van der Waals surface area contributed by atoms with E-state index in [0.29, 0.717) is 18.1 Å². The van der Waals surface area contributed by atoms with Crippen molar-refractivity contribution in [3.05, 3.63) is 18.3 Å². The summed E-state index contributed by atoms with van der Waals surface area (Å²) in [5.74, 6) is 0.461. The van der Waals surface area contributed by atoms with Gasteiger partial charge in [0.1, 0.15) is 15.7 Å². The lowest BCUT2D eigenvalue weighted by molar-refractivity contribution is 0.602. The van der Waals surface area contributed by atoms with E-state index in [2.05, 4.69) is 10.3 Å². The molecule has 0 unspecified atom stereocenters. The molecule has 5 nitrogen and oxygen atoms in total. The smallest absolute Gasteiger partial charge is 0.149 e. The normalized spacial score (nSPS) is 11.2. The molecule has 0 fully saturated rings. The first-order valence-corrected chi connectivity index (χ1v) is 6.17. The molecule has 0 amide bonds. The predicted octanol–water partition coefficient (Wildman–Crippen LogP) is 0.120. The number of nitrogens with two attached hydrogens (primary N) is 1. The van der Waals surface area contributed by atoms with Crippen LogP contribution < -0.4 is 11.1 Å². The molecule has 78 valence electrons. The van der Waals surface area contributed by atoms with Gasteiger partial charge in [-0.3, -0.25) is 0 Å². The summed E-state index contributed by atoms with van der Waals surface area (Å²) in [5, 5.41) is 2.90. The van der Waals surface area contributed by atoms with Crippen LogP contribution in [0.2, 0.25) is 0 Å². The summed E-state index contributed by atoms with van der Waals surface area (Å²) >= 11 is 0. The van der Waals surface area contributed by atoms with Crippen molar-refractivity contribution >= 4 is 21.3 Å². The number of aromatic nitrogens is 1. The molecule has 0 spiro atoms. The van der Waals surface area contributed by atoms with Crippen molar-refractivity contribution < 1.29 is 8.42 Å². The zero-order valence-corrected chi connectivity index (χ0v) is 8.71. The van der Waals surface area contributed by atoms with E-state index in [4.69, 9.17) is 5.73 Å². The molecule has 0 aliphatic carbocycles. The van der Waals surface area contributed by atoms with Gasteiger partial charge in [-0.15, -0.1) is 0 Å². The number of anilines is 2. The second-order valence-corrected chi connectivity index (χ2v) is 5.25. The molecule has 1 aromatic rings. The minimum atomic E-state index is -2.93. The van der Waals surface area contributed by atoms with Crippen LogP contribution in [-0.4, -0.2) is 32.0 Å². The maximum atomic E-state index is 10.8. The third-order valence-corrected chi connectivity index (χ3v) is 2.57. The van der Waals surface area contributed by atoms with Gasteiger partial charge < -0.3 is 11.1 Å². The summed E-state index contributed by atoms with van der Waals surface area (Å²) in [7, 11) is -2.93. The van der Waals surface area contributed by atoms with Crippen molar-refractivity contribution in [1.82, 2.24) is 4.98 Å². The molecule has 0 saturated carbocycles. The Morgan fingerprint density at radius 2 is 2.29 bits per heavy atom. The number of sulfone groups is 1. The number of hydrogen-bond acceptors (Lipinski definition) is 5. The molecule has 3 N–H and O–H groups in total. The fourth-order valence-electron chi connectivity index (χ4n) is 0.938. The Morgan fingerprint density at radius 1 is 1.57 bits per heavy atom. The Labute approximate surface area is 83.3 Å². The van der Waals surface area contributed by atoms with Gasteiger partial charge in [-0.05, 0) is 12.1 Å². The van der Waals surface area contributed by atoms with Crippen molar-refractivity contribution in [3.8, 4) is 0 Å². The first kappa shape index (κ1) is 10.8. The molecule has 1 rings (SSSR count). The lowest BCUT2D eigenvalue weighted by atomic mass is 10.4. The molecular formula is C8H13N3O2S. The third-order valence-electron chi connectivity index (χ3n) is 1.63. The third kappa shape index (κ3) is 3.61. The van der Waals surface area contributed by atoms with Gasteiger partial charge in [0.15, 0.2) is 0 Å². The van der Waals surface area contributed by atoms with E-state index in [1.165, 1.54) is 6.26 Å². The Hall–Kier alpha value is -1.30. The molecule has 1 heterocycles. The van der Waals surface area contributed by atoms with Gasteiger partial charge in [0.2, 0.25) is 0 Å². The van der Waals surface area contributed by atoms with Crippen LogP contribution in [0.4, 0.5) is 11.5 Å². The molecule has 0 aromatic carbocycles. The number of hydrogen-bond donors (Lipinski definition) is 2. The summed E-state index contributed by atoms with van der Waals surface area (Å²) in [6.07, 6.45) is 2.78. The maximum absolute atomic E-state index is 10.8. The van der Waals surface area contributed by atoms with E-state index in [-0.39, 0.29) is 5.75 Å². The summed E-state index contributed by atoms with van der Waals surface area (Å²) in [5.41, 5.74) is 6.21. The summed E-state index contributed by atoms with van der Waals surface area (Å²) in [4.78, 5) is 3.86. The molecule has 0 radical (unpaired) electrons. The highest BCUT2D eigenvalue weighted by atomic mass is 32.2. The molecule has 1 aromatic heterocycles. The van der Waals surface area contributed by atoms with Crippen LogP contribution in [-0.2, 0) is 9.84 Å². The van der Waals surface area contributed by atoms with Crippen molar-refractivity contribution in [2.45, 2.75) is 0 Å². The number of nitrogens with zero attached hydrogens (tertiary/aromatic N) is 1. The van der Waals surface area contributed by atoms with Gasteiger partial charge in [0.25, 0.3) is 0 Å².